The number of nitrogens with zero attached hydrogens (tertiary/aromatic N) is 1. The van der Waals surface area contributed by atoms with Crippen LogP contribution in [-0.2, 0) is 6.42 Å². The highest BCUT2D eigenvalue weighted by Gasteiger charge is 2.03. The lowest BCUT2D eigenvalue weighted by Gasteiger charge is -1.98. The summed E-state index contributed by atoms with van der Waals surface area (Å²) in [7, 11) is 0. The van der Waals surface area contributed by atoms with Crippen molar-refractivity contribution < 1.29 is 4.42 Å². The summed E-state index contributed by atoms with van der Waals surface area (Å²) >= 11 is 0. The van der Waals surface area contributed by atoms with E-state index in [1.807, 2.05) is 12.1 Å². The van der Waals surface area contributed by atoms with Crippen molar-refractivity contribution in [2.75, 3.05) is 0 Å². The third-order valence-electron chi connectivity index (χ3n) is 2.24. The zero-order valence-electron chi connectivity index (χ0n) is 7.79. The molecule has 0 aliphatic rings. The van der Waals surface area contributed by atoms with Gasteiger partial charge < -0.3 is 4.42 Å². The quantitative estimate of drug-likeness (QED) is 0.716. The first-order valence-electron chi connectivity index (χ1n) is 4.73. The lowest BCUT2D eigenvalue weighted by molar-refractivity contribution is 0.602. The van der Waals surface area contributed by atoms with Crippen LogP contribution in [0, 0.1) is 0 Å². The molecule has 0 saturated carbocycles. The Kier molecular flexibility index (Phi) is 2.30. The molecule has 0 N–H and O–H groups in total. The standard InChI is InChI=1S/C11H13NO/c1-2-3-5-9-6-4-7-10-11(9)12-8-13-10/h4,6-8H,2-3,5H2,1H3. The zero-order chi connectivity index (χ0) is 9.10. The van der Waals surface area contributed by atoms with Gasteiger partial charge in [-0.05, 0) is 24.5 Å². The minimum Gasteiger partial charge on any atom is -0.443 e. The summed E-state index contributed by atoms with van der Waals surface area (Å²) in [4.78, 5) is 4.20. The number of hydrogen-bond acceptors (Lipinski definition) is 2. The van der Waals surface area contributed by atoms with E-state index in [1.165, 1.54) is 24.8 Å². The fraction of sp³-hybridized carbons (Fsp3) is 0.364. The third-order valence-corrected chi connectivity index (χ3v) is 2.24. The highest BCUT2D eigenvalue weighted by molar-refractivity contribution is 5.75. The van der Waals surface area contributed by atoms with Crippen molar-refractivity contribution in [3.63, 3.8) is 0 Å². The van der Waals surface area contributed by atoms with Crippen LogP contribution in [0.15, 0.2) is 29.0 Å². The predicted octanol–water partition coefficient (Wildman–Crippen LogP) is 3.17. The molecule has 1 heterocycles. The molecule has 0 radical (unpaired) electrons. The summed E-state index contributed by atoms with van der Waals surface area (Å²) in [6.07, 6.45) is 5.04. The summed E-state index contributed by atoms with van der Waals surface area (Å²) in [5, 5.41) is 0. The Balaban J connectivity index is 2.37. The van der Waals surface area contributed by atoms with E-state index in [0.29, 0.717) is 0 Å². The Morgan fingerprint density at radius 1 is 1.38 bits per heavy atom. The van der Waals surface area contributed by atoms with Crippen LogP contribution in [-0.4, -0.2) is 4.98 Å². The summed E-state index contributed by atoms with van der Waals surface area (Å²) in [6, 6.07) is 6.11. The largest absolute Gasteiger partial charge is 0.443 e. The van der Waals surface area contributed by atoms with Gasteiger partial charge in [-0.2, -0.15) is 0 Å². The van der Waals surface area contributed by atoms with Gasteiger partial charge >= 0.3 is 0 Å². The fourth-order valence-electron chi connectivity index (χ4n) is 1.51. The number of rotatable bonds is 3. The van der Waals surface area contributed by atoms with Crippen molar-refractivity contribution in [1.29, 1.82) is 0 Å². The van der Waals surface area contributed by atoms with Crippen LogP contribution in [0.3, 0.4) is 0 Å². The third kappa shape index (κ3) is 1.57. The van der Waals surface area contributed by atoms with Crippen LogP contribution in [0.1, 0.15) is 25.3 Å². The van der Waals surface area contributed by atoms with E-state index in [9.17, 15) is 0 Å². The van der Waals surface area contributed by atoms with Crippen molar-refractivity contribution in [2.24, 2.45) is 0 Å². The first-order valence-corrected chi connectivity index (χ1v) is 4.73. The molecule has 0 unspecified atom stereocenters. The van der Waals surface area contributed by atoms with Gasteiger partial charge in [0.1, 0.15) is 5.52 Å². The molecule has 0 aliphatic carbocycles. The normalized spacial score (nSPS) is 10.8. The molecule has 1 aromatic heterocycles. The highest BCUT2D eigenvalue weighted by Crippen LogP contribution is 2.18. The molecular formula is C11H13NO. The molecule has 68 valence electrons. The monoisotopic (exact) mass is 175 g/mol. The lowest BCUT2D eigenvalue weighted by Crippen LogP contribution is -1.85. The smallest absolute Gasteiger partial charge is 0.181 e. The van der Waals surface area contributed by atoms with Crippen LogP contribution in [0.5, 0.6) is 0 Å². The number of para-hydroxylation sites is 1. The SMILES string of the molecule is CCCCc1cccc2ocnc12. The second-order valence-corrected chi connectivity index (χ2v) is 3.22. The van der Waals surface area contributed by atoms with Crippen LogP contribution in [0.4, 0.5) is 0 Å². The summed E-state index contributed by atoms with van der Waals surface area (Å²) < 4.78 is 5.23. The topological polar surface area (TPSA) is 26.0 Å². The lowest BCUT2D eigenvalue weighted by atomic mass is 10.1. The Morgan fingerprint density at radius 3 is 3.15 bits per heavy atom. The molecule has 1 aromatic carbocycles. The Morgan fingerprint density at radius 2 is 2.31 bits per heavy atom. The van der Waals surface area contributed by atoms with Crippen LogP contribution >= 0.6 is 0 Å². The Labute approximate surface area is 77.6 Å². The average Bonchev–Trinajstić information content (AvgIpc) is 2.62. The van der Waals surface area contributed by atoms with E-state index >= 15 is 0 Å². The van der Waals surface area contributed by atoms with Gasteiger partial charge in [0.2, 0.25) is 0 Å². The minimum atomic E-state index is 0.897. The van der Waals surface area contributed by atoms with Crippen LogP contribution in [0.25, 0.3) is 11.1 Å². The van der Waals surface area contributed by atoms with Crippen molar-refractivity contribution in [1.82, 2.24) is 4.98 Å². The number of hydrogen-bond donors (Lipinski definition) is 0. The molecule has 0 atom stereocenters. The van der Waals surface area contributed by atoms with Gasteiger partial charge in [0.05, 0.1) is 0 Å². The number of aryl methyl sites for hydroxylation is 1. The first kappa shape index (κ1) is 8.30. The first-order chi connectivity index (χ1) is 6.42. The minimum absolute atomic E-state index is 0.897. The van der Waals surface area contributed by atoms with Gasteiger partial charge in [-0.25, -0.2) is 4.98 Å². The maximum atomic E-state index is 5.23. The molecule has 0 saturated heterocycles. The molecule has 0 aliphatic heterocycles. The van der Waals surface area contributed by atoms with Crippen molar-refractivity contribution >= 4 is 11.1 Å². The van der Waals surface area contributed by atoms with Gasteiger partial charge in [-0.3, -0.25) is 0 Å². The molecule has 2 rings (SSSR count). The number of unbranched alkanes of at least 4 members (excludes halogenated alkanes) is 1. The van der Waals surface area contributed by atoms with Crippen molar-refractivity contribution in [3.8, 4) is 0 Å². The van der Waals surface area contributed by atoms with Gasteiger partial charge in [-0.1, -0.05) is 25.5 Å². The van der Waals surface area contributed by atoms with Gasteiger partial charge in [0.25, 0.3) is 0 Å². The molecule has 2 aromatic rings. The maximum absolute atomic E-state index is 5.23. The van der Waals surface area contributed by atoms with Gasteiger partial charge in [-0.15, -0.1) is 0 Å². The maximum Gasteiger partial charge on any atom is 0.181 e. The number of oxazole rings is 1. The molecule has 2 nitrogen and oxygen atoms in total. The van der Waals surface area contributed by atoms with Gasteiger partial charge in [0.15, 0.2) is 12.0 Å². The molecule has 0 bridgehead atoms. The molecule has 2 heteroatoms. The van der Waals surface area contributed by atoms with Crippen molar-refractivity contribution in [3.05, 3.63) is 30.2 Å². The second-order valence-electron chi connectivity index (χ2n) is 3.22. The van der Waals surface area contributed by atoms with Crippen LogP contribution < -0.4 is 0 Å². The second kappa shape index (κ2) is 3.60. The molecular weight excluding hydrogens is 162 g/mol. The Hall–Kier alpha value is -1.31. The molecule has 13 heavy (non-hydrogen) atoms. The molecule has 0 spiro atoms. The van der Waals surface area contributed by atoms with E-state index in [0.717, 1.165) is 17.5 Å². The number of fused-ring (bicyclic) bond motifs is 1. The van der Waals surface area contributed by atoms with Crippen molar-refractivity contribution in [2.45, 2.75) is 26.2 Å². The van der Waals surface area contributed by atoms with E-state index in [4.69, 9.17) is 4.42 Å². The predicted molar refractivity (Wildman–Crippen MR) is 52.6 cm³/mol. The summed E-state index contributed by atoms with van der Waals surface area (Å²) in [6.45, 7) is 2.20. The van der Waals surface area contributed by atoms with E-state index in [-0.39, 0.29) is 0 Å². The number of aromatic nitrogens is 1. The zero-order valence-corrected chi connectivity index (χ0v) is 7.79. The summed E-state index contributed by atoms with van der Waals surface area (Å²) in [5.41, 5.74) is 3.22. The molecule has 0 amide bonds. The Bertz CT molecular complexity index is 392. The van der Waals surface area contributed by atoms with Gasteiger partial charge in [0, 0.05) is 0 Å². The van der Waals surface area contributed by atoms with Crippen LogP contribution in [0.2, 0.25) is 0 Å². The average molecular weight is 175 g/mol. The number of benzene rings is 1. The summed E-state index contributed by atoms with van der Waals surface area (Å²) in [5.74, 6) is 0. The van der Waals surface area contributed by atoms with E-state index < -0.39 is 0 Å². The van der Waals surface area contributed by atoms with E-state index in [2.05, 4.69) is 18.0 Å². The molecule has 0 fully saturated rings. The van der Waals surface area contributed by atoms with E-state index in [1.54, 1.807) is 0 Å². The highest BCUT2D eigenvalue weighted by atomic mass is 16.3. The fourth-order valence-corrected chi connectivity index (χ4v) is 1.51.